The number of para-hydroxylation sites is 1. The first-order valence-corrected chi connectivity index (χ1v) is 16.7. The van der Waals surface area contributed by atoms with Crippen molar-refractivity contribution in [2.45, 2.75) is 0 Å². The van der Waals surface area contributed by atoms with Crippen molar-refractivity contribution in [2.75, 3.05) is 0 Å². The number of hydrogen-bond acceptors (Lipinski definition) is 1. The lowest BCUT2D eigenvalue weighted by atomic mass is 9.85. The van der Waals surface area contributed by atoms with Crippen LogP contribution in [-0.2, 0) is 0 Å². The van der Waals surface area contributed by atoms with Gasteiger partial charge in [0.15, 0.2) is 0 Å². The maximum absolute atomic E-state index is 5.52. The third kappa shape index (κ3) is 5.02. The summed E-state index contributed by atoms with van der Waals surface area (Å²) in [5.41, 5.74) is 11.3. The van der Waals surface area contributed by atoms with Crippen molar-refractivity contribution in [3.05, 3.63) is 216 Å². The van der Waals surface area contributed by atoms with Gasteiger partial charge in [0, 0.05) is 22.0 Å². The zero-order valence-corrected chi connectivity index (χ0v) is 26.9. The van der Waals surface area contributed by atoms with E-state index in [0.717, 1.165) is 44.6 Å². The lowest BCUT2D eigenvalue weighted by Gasteiger charge is -2.19. The molecule has 0 aliphatic rings. The van der Waals surface area contributed by atoms with Gasteiger partial charge in [-0.3, -0.25) is 4.57 Å². The van der Waals surface area contributed by atoms with Crippen LogP contribution in [0.5, 0.6) is 0 Å². The van der Waals surface area contributed by atoms with Gasteiger partial charge in [0.2, 0.25) is 0 Å². The van der Waals surface area contributed by atoms with E-state index < -0.39 is 0 Å². The molecule has 1 heterocycles. The van der Waals surface area contributed by atoms with Crippen molar-refractivity contribution < 1.29 is 0 Å². The van der Waals surface area contributed by atoms with Crippen LogP contribution in [0, 0.1) is 0 Å². The van der Waals surface area contributed by atoms with Crippen molar-refractivity contribution in [3.63, 3.8) is 0 Å². The number of nitrogens with zero attached hydrogens (tertiary/aromatic N) is 2. The average molecular weight is 625 g/mol. The molecule has 1 aromatic heterocycles. The molecule has 0 spiro atoms. The fourth-order valence-corrected chi connectivity index (χ4v) is 7.27. The average Bonchev–Trinajstić information content (AvgIpc) is 3.60. The van der Waals surface area contributed by atoms with Gasteiger partial charge in [-0.1, -0.05) is 176 Å². The van der Waals surface area contributed by atoms with Crippen LogP contribution in [0.25, 0.3) is 60.8 Å². The van der Waals surface area contributed by atoms with E-state index >= 15 is 0 Å². The van der Waals surface area contributed by atoms with E-state index in [4.69, 9.17) is 4.98 Å². The molecule has 0 unspecified atom stereocenters. The topological polar surface area (TPSA) is 17.8 Å². The van der Waals surface area contributed by atoms with Crippen molar-refractivity contribution in [1.82, 2.24) is 9.55 Å². The van der Waals surface area contributed by atoms with Gasteiger partial charge < -0.3 is 0 Å². The molecule has 0 bridgehead atoms. The fraction of sp³-hybridized carbons (Fsp3) is 0. The quantitative estimate of drug-likeness (QED) is 0.133. The van der Waals surface area contributed by atoms with E-state index in [2.05, 4.69) is 199 Å². The Morgan fingerprint density at radius 3 is 1.37 bits per heavy atom. The zero-order chi connectivity index (χ0) is 32.6. The number of fused-ring (bicyclic) bond motifs is 6. The first-order chi connectivity index (χ1) is 24.3. The summed E-state index contributed by atoms with van der Waals surface area (Å²) in [5, 5.41) is 4.79. The SMILES string of the molecule is c1ccc(C(=C(c2ccccc2)c2cccc(-c3nc4c5ccccc5c5ccccc5c4n3-c3ccccc3)c2)c2ccccc2)cc1. The summed E-state index contributed by atoms with van der Waals surface area (Å²) < 4.78 is 2.35. The standard InChI is InChI=1S/C47H32N2/c1-5-18-33(19-6-1)43(34-20-7-2-8-21-34)44(35-22-9-3-10-23-35)36-24-17-25-37(32-36)47-48-45-41-30-15-13-28-39(41)40-29-14-16-31-42(40)46(45)49(47)38-26-11-4-12-27-38/h1-32H. The molecule has 230 valence electrons. The van der Waals surface area contributed by atoms with Crippen LogP contribution in [-0.4, -0.2) is 9.55 Å². The molecule has 9 aromatic rings. The molecule has 0 atom stereocenters. The van der Waals surface area contributed by atoms with Crippen molar-refractivity contribution in [3.8, 4) is 17.1 Å². The number of aromatic nitrogens is 2. The summed E-state index contributed by atoms with van der Waals surface area (Å²) in [6, 6.07) is 69.1. The van der Waals surface area contributed by atoms with E-state index in [1.54, 1.807) is 0 Å². The van der Waals surface area contributed by atoms with E-state index in [0.29, 0.717) is 0 Å². The maximum atomic E-state index is 5.52. The molecule has 0 aliphatic heterocycles. The van der Waals surface area contributed by atoms with Gasteiger partial charge in [0.05, 0.1) is 11.0 Å². The van der Waals surface area contributed by atoms with Gasteiger partial charge in [-0.25, -0.2) is 4.98 Å². The van der Waals surface area contributed by atoms with Gasteiger partial charge in [-0.15, -0.1) is 0 Å². The predicted molar refractivity (Wildman–Crippen MR) is 206 cm³/mol. The summed E-state index contributed by atoms with van der Waals surface area (Å²) in [6.45, 7) is 0. The minimum atomic E-state index is 0.915. The van der Waals surface area contributed by atoms with Crippen molar-refractivity contribution in [2.24, 2.45) is 0 Å². The van der Waals surface area contributed by atoms with Crippen LogP contribution in [0.3, 0.4) is 0 Å². The highest BCUT2D eigenvalue weighted by atomic mass is 15.1. The molecule has 2 heteroatoms. The molecule has 9 rings (SSSR count). The summed E-state index contributed by atoms with van der Waals surface area (Å²) in [6.07, 6.45) is 0. The molecule has 0 fully saturated rings. The fourth-order valence-electron chi connectivity index (χ4n) is 7.27. The Labute approximate surface area is 285 Å². The third-order valence-corrected chi connectivity index (χ3v) is 9.39. The number of imidazole rings is 1. The Morgan fingerprint density at radius 1 is 0.367 bits per heavy atom. The Balaban J connectivity index is 1.38. The van der Waals surface area contributed by atoms with E-state index in [1.807, 2.05) is 0 Å². The Bertz CT molecular complexity index is 2580. The molecule has 8 aromatic carbocycles. The van der Waals surface area contributed by atoms with Crippen LogP contribution >= 0.6 is 0 Å². The minimum Gasteiger partial charge on any atom is -0.292 e. The predicted octanol–water partition coefficient (Wildman–Crippen LogP) is 12.0. The van der Waals surface area contributed by atoms with Crippen LogP contribution in [0.2, 0.25) is 0 Å². The number of benzene rings is 8. The lowest BCUT2D eigenvalue weighted by molar-refractivity contribution is 1.11. The second-order valence-electron chi connectivity index (χ2n) is 12.3. The normalized spacial score (nSPS) is 11.3. The lowest BCUT2D eigenvalue weighted by Crippen LogP contribution is -2.00. The van der Waals surface area contributed by atoms with Crippen LogP contribution < -0.4 is 0 Å². The number of rotatable bonds is 6. The van der Waals surface area contributed by atoms with Gasteiger partial charge >= 0.3 is 0 Å². The van der Waals surface area contributed by atoms with Crippen LogP contribution in [0.4, 0.5) is 0 Å². The van der Waals surface area contributed by atoms with Crippen LogP contribution in [0.15, 0.2) is 194 Å². The first-order valence-electron chi connectivity index (χ1n) is 16.7. The smallest absolute Gasteiger partial charge is 0.145 e. The number of hydrogen-bond donors (Lipinski definition) is 0. The van der Waals surface area contributed by atoms with Gasteiger partial charge in [-0.2, -0.15) is 0 Å². The van der Waals surface area contributed by atoms with Crippen molar-refractivity contribution >= 4 is 43.7 Å². The zero-order valence-electron chi connectivity index (χ0n) is 26.9. The summed E-state index contributed by atoms with van der Waals surface area (Å²) in [4.78, 5) is 5.52. The molecule has 49 heavy (non-hydrogen) atoms. The van der Waals surface area contributed by atoms with Crippen LogP contribution in [0.1, 0.15) is 22.3 Å². The second-order valence-corrected chi connectivity index (χ2v) is 12.3. The molecule has 0 saturated carbocycles. The molecule has 0 saturated heterocycles. The summed E-state index contributed by atoms with van der Waals surface area (Å²) in [7, 11) is 0. The second kappa shape index (κ2) is 12.3. The molecule has 0 N–H and O–H groups in total. The maximum Gasteiger partial charge on any atom is 0.145 e. The Kier molecular flexibility index (Phi) is 7.18. The largest absolute Gasteiger partial charge is 0.292 e. The molecule has 0 amide bonds. The Morgan fingerprint density at radius 2 is 0.796 bits per heavy atom. The molecule has 2 nitrogen and oxygen atoms in total. The van der Waals surface area contributed by atoms with E-state index in [9.17, 15) is 0 Å². The van der Waals surface area contributed by atoms with Gasteiger partial charge in [-0.05, 0) is 62.4 Å². The van der Waals surface area contributed by atoms with Crippen molar-refractivity contribution in [1.29, 1.82) is 0 Å². The summed E-state index contributed by atoms with van der Waals surface area (Å²) in [5.74, 6) is 0.915. The monoisotopic (exact) mass is 624 g/mol. The minimum absolute atomic E-state index is 0.915. The first kappa shape index (κ1) is 28.7. The van der Waals surface area contributed by atoms with E-state index in [-0.39, 0.29) is 0 Å². The molecular formula is C47H32N2. The molecular weight excluding hydrogens is 593 g/mol. The summed E-state index contributed by atoms with van der Waals surface area (Å²) >= 11 is 0. The molecule has 0 aliphatic carbocycles. The highest BCUT2D eigenvalue weighted by molar-refractivity contribution is 6.24. The Hall–Kier alpha value is -6.51. The van der Waals surface area contributed by atoms with Gasteiger partial charge in [0.1, 0.15) is 5.82 Å². The van der Waals surface area contributed by atoms with E-state index in [1.165, 1.54) is 38.4 Å². The third-order valence-electron chi connectivity index (χ3n) is 9.39. The highest BCUT2D eigenvalue weighted by Crippen LogP contribution is 2.41. The molecule has 0 radical (unpaired) electrons. The highest BCUT2D eigenvalue weighted by Gasteiger charge is 2.22. The van der Waals surface area contributed by atoms with Gasteiger partial charge in [0.25, 0.3) is 0 Å².